The molecular weight excluding hydrogens is 426 g/mol. The third-order valence-corrected chi connectivity index (χ3v) is 6.36. The van der Waals surface area contributed by atoms with Crippen LogP contribution in [0.5, 0.6) is 5.75 Å². The first-order chi connectivity index (χ1) is 16.2. The second-order valence-electron chi connectivity index (χ2n) is 7.71. The van der Waals surface area contributed by atoms with E-state index < -0.39 is 0 Å². The number of ether oxygens (including phenoxy) is 1. The standard InChI is InChI=1S/C29H27NO2S/c1-22-10-8-9-15-27(22)28(23-11-4-2-5-12-23)30-29(31)24-16-18-25(19-17-24)32-20-21-33-26-13-6-3-7-14-26/h2-19,28H,20-21H2,1H3,(H,30,31)/t28-/m1/s1. The van der Waals surface area contributed by atoms with Crippen LogP contribution in [-0.4, -0.2) is 18.3 Å². The second-order valence-corrected chi connectivity index (χ2v) is 8.88. The summed E-state index contributed by atoms with van der Waals surface area (Å²) in [7, 11) is 0. The van der Waals surface area contributed by atoms with E-state index in [0.29, 0.717) is 12.2 Å². The average molecular weight is 454 g/mol. The molecule has 0 aliphatic rings. The molecule has 4 heteroatoms. The molecule has 166 valence electrons. The van der Waals surface area contributed by atoms with Crippen molar-refractivity contribution in [2.75, 3.05) is 12.4 Å². The zero-order chi connectivity index (χ0) is 22.9. The molecule has 0 heterocycles. The number of carbonyl (C=O) groups is 1. The molecule has 0 spiro atoms. The Morgan fingerprint density at radius 3 is 2.15 bits per heavy atom. The van der Waals surface area contributed by atoms with Gasteiger partial charge in [0.25, 0.3) is 5.91 Å². The maximum Gasteiger partial charge on any atom is 0.252 e. The Labute approximate surface area is 199 Å². The first kappa shape index (κ1) is 22.7. The van der Waals surface area contributed by atoms with Crippen molar-refractivity contribution in [2.24, 2.45) is 0 Å². The Kier molecular flexibility index (Phi) is 7.83. The Bertz CT molecular complexity index is 1160. The number of thioether (sulfide) groups is 1. The third-order valence-electron chi connectivity index (χ3n) is 5.39. The molecule has 0 saturated carbocycles. The molecule has 0 radical (unpaired) electrons. The highest BCUT2D eigenvalue weighted by atomic mass is 32.2. The Morgan fingerprint density at radius 2 is 1.45 bits per heavy atom. The number of benzene rings is 4. The molecule has 1 atom stereocenters. The summed E-state index contributed by atoms with van der Waals surface area (Å²) in [5.74, 6) is 1.51. The summed E-state index contributed by atoms with van der Waals surface area (Å²) in [4.78, 5) is 14.3. The number of amides is 1. The van der Waals surface area contributed by atoms with Crippen LogP contribution in [0.3, 0.4) is 0 Å². The lowest BCUT2D eigenvalue weighted by atomic mass is 9.94. The van der Waals surface area contributed by atoms with Crippen LogP contribution >= 0.6 is 11.8 Å². The van der Waals surface area contributed by atoms with Crippen LogP contribution in [0.1, 0.15) is 33.1 Å². The highest BCUT2D eigenvalue weighted by Crippen LogP contribution is 2.25. The molecule has 0 unspecified atom stereocenters. The molecule has 0 aliphatic carbocycles. The maximum absolute atomic E-state index is 13.1. The average Bonchev–Trinajstić information content (AvgIpc) is 2.87. The van der Waals surface area contributed by atoms with Gasteiger partial charge >= 0.3 is 0 Å². The summed E-state index contributed by atoms with van der Waals surface area (Å²) in [6.07, 6.45) is 0. The topological polar surface area (TPSA) is 38.3 Å². The Balaban J connectivity index is 1.39. The fourth-order valence-electron chi connectivity index (χ4n) is 3.65. The molecule has 33 heavy (non-hydrogen) atoms. The van der Waals surface area contributed by atoms with Gasteiger partial charge in [-0.1, -0.05) is 72.8 Å². The minimum Gasteiger partial charge on any atom is -0.493 e. The highest BCUT2D eigenvalue weighted by molar-refractivity contribution is 7.99. The molecular formula is C29H27NO2S. The molecule has 3 nitrogen and oxygen atoms in total. The van der Waals surface area contributed by atoms with Gasteiger partial charge in [0, 0.05) is 16.2 Å². The molecule has 0 fully saturated rings. The molecule has 1 N–H and O–H groups in total. The molecule has 4 rings (SSSR count). The van der Waals surface area contributed by atoms with Crippen molar-refractivity contribution in [3.63, 3.8) is 0 Å². The predicted octanol–water partition coefficient (Wildman–Crippen LogP) is 6.69. The van der Waals surface area contributed by atoms with Crippen molar-refractivity contribution in [1.82, 2.24) is 5.32 Å². The van der Waals surface area contributed by atoms with Gasteiger partial charge in [-0.15, -0.1) is 11.8 Å². The van der Waals surface area contributed by atoms with E-state index in [9.17, 15) is 4.79 Å². The van der Waals surface area contributed by atoms with Gasteiger partial charge in [-0.3, -0.25) is 4.79 Å². The van der Waals surface area contributed by atoms with Gasteiger partial charge in [0.1, 0.15) is 5.75 Å². The number of nitrogens with one attached hydrogen (secondary N) is 1. The summed E-state index contributed by atoms with van der Waals surface area (Å²) < 4.78 is 5.85. The van der Waals surface area contributed by atoms with Crippen LogP contribution in [0.4, 0.5) is 0 Å². The molecule has 0 saturated heterocycles. The smallest absolute Gasteiger partial charge is 0.252 e. The van der Waals surface area contributed by atoms with E-state index in [1.54, 1.807) is 11.8 Å². The normalized spacial score (nSPS) is 11.5. The van der Waals surface area contributed by atoms with Crippen LogP contribution < -0.4 is 10.1 Å². The van der Waals surface area contributed by atoms with Crippen molar-refractivity contribution in [2.45, 2.75) is 17.9 Å². The summed E-state index contributed by atoms with van der Waals surface area (Å²) >= 11 is 1.76. The molecule has 1 amide bonds. The third kappa shape index (κ3) is 6.27. The lowest BCUT2D eigenvalue weighted by molar-refractivity contribution is 0.0943. The van der Waals surface area contributed by atoms with Gasteiger partial charge in [-0.05, 0) is 60.0 Å². The van der Waals surface area contributed by atoms with Crippen molar-refractivity contribution in [1.29, 1.82) is 0 Å². The van der Waals surface area contributed by atoms with Gasteiger partial charge in [-0.2, -0.15) is 0 Å². The quantitative estimate of drug-likeness (QED) is 0.227. The lowest BCUT2D eigenvalue weighted by Crippen LogP contribution is -2.29. The van der Waals surface area contributed by atoms with Crippen molar-refractivity contribution in [3.8, 4) is 5.75 Å². The van der Waals surface area contributed by atoms with E-state index in [0.717, 1.165) is 28.2 Å². The molecule has 4 aromatic rings. The molecule has 0 bridgehead atoms. The van der Waals surface area contributed by atoms with Crippen molar-refractivity contribution in [3.05, 3.63) is 131 Å². The van der Waals surface area contributed by atoms with Crippen LogP contribution in [0.2, 0.25) is 0 Å². The van der Waals surface area contributed by atoms with E-state index in [-0.39, 0.29) is 11.9 Å². The summed E-state index contributed by atoms with van der Waals surface area (Å²) in [6.45, 7) is 2.67. The zero-order valence-electron chi connectivity index (χ0n) is 18.6. The lowest BCUT2D eigenvalue weighted by Gasteiger charge is -2.22. The highest BCUT2D eigenvalue weighted by Gasteiger charge is 2.19. The minimum absolute atomic E-state index is 0.113. The van der Waals surface area contributed by atoms with E-state index in [1.807, 2.05) is 84.9 Å². The largest absolute Gasteiger partial charge is 0.493 e. The van der Waals surface area contributed by atoms with Crippen LogP contribution in [-0.2, 0) is 0 Å². The second kappa shape index (κ2) is 11.4. The van der Waals surface area contributed by atoms with Crippen molar-refractivity contribution < 1.29 is 9.53 Å². The molecule has 4 aromatic carbocycles. The van der Waals surface area contributed by atoms with E-state index in [2.05, 4.69) is 36.5 Å². The predicted molar refractivity (Wildman–Crippen MR) is 136 cm³/mol. The van der Waals surface area contributed by atoms with Crippen LogP contribution in [0, 0.1) is 6.92 Å². The fourth-order valence-corrected chi connectivity index (χ4v) is 4.40. The number of hydrogen-bond donors (Lipinski definition) is 1. The first-order valence-corrected chi connectivity index (χ1v) is 12.0. The monoisotopic (exact) mass is 453 g/mol. The van der Waals surface area contributed by atoms with Crippen molar-refractivity contribution >= 4 is 17.7 Å². The summed E-state index contributed by atoms with van der Waals surface area (Å²) in [5, 5.41) is 3.21. The number of rotatable bonds is 9. The molecule has 0 aliphatic heterocycles. The van der Waals surface area contributed by atoms with Crippen LogP contribution in [0.25, 0.3) is 0 Å². The zero-order valence-corrected chi connectivity index (χ0v) is 19.4. The molecule has 0 aromatic heterocycles. The van der Waals surface area contributed by atoms with Gasteiger partial charge in [0.15, 0.2) is 0 Å². The minimum atomic E-state index is -0.217. The van der Waals surface area contributed by atoms with Gasteiger partial charge in [-0.25, -0.2) is 0 Å². The van der Waals surface area contributed by atoms with E-state index in [1.165, 1.54) is 4.90 Å². The van der Waals surface area contributed by atoms with E-state index >= 15 is 0 Å². The Hall–Kier alpha value is -3.50. The SMILES string of the molecule is Cc1ccccc1[C@H](NC(=O)c1ccc(OCCSc2ccccc2)cc1)c1ccccc1. The van der Waals surface area contributed by atoms with Gasteiger partial charge in [0.2, 0.25) is 0 Å². The maximum atomic E-state index is 13.1. The van der Waals surface area contributed by atoms with Gasteiger partial charge in [0.05, 0.1) is 12.6 Å². The first-order valence-electron chi connectivity index (χ1n) is 11.0. The number of aryl methyl sites for hydroxylation is 1. The number of carbonyl (C=O) groups excluding carboxylic acids is 1. The van der Waals surface area contributed by atoms with Gasteiger partial charge < -0.3 is 10.1 Å². The number of hydrogen-bond acceptors (Lipinski definition) is 3. The summed E-state index contributed by atoms with van der Waals surface area (Å²) in [5.41, 5.74) is 3.89. The van der Waals surface area contributed by atoms with E-state index in [4.69, 9.17) is 4.74 Å². The summed E-state index contributed by atoms with van der Waals surface area (Å²) in [6, 6.07) is 35.6. The fraction of sp³-hybridized carbons (Fsp3) is 0.138. The van der Waals surface area contributed by atoms with Crippen LogP contribution in [0.15, 0.2) is 114 Å². The Morgan fingerprint density at radius 1 is 0.818 bits per heavy atom.